The molecule has 3 rings (SSSR count). The lowest BCUT2D eigenvalue weighted by molar-refractivity contribution is -0.138. The maximum absolute atomic E-state index is 12.8. The summed E-state index contributed by atoms with van der Waals surface area (Å²) in [6.45, 7) is 8.14. The van der Waals surface area contributed by atoms with Crippen LogP contribution in [-0.4, -0.2) is 42.3 Å². The zero-order valence-electron chi connectivity index (χ0n) is 20.9. The summed E-state index contributed by atoms with van der Waals surface area (Å²) in [7, 11) is 0. The van der Waals surface area contributed by atoms with Crippen molar-refractivity contribution >= 4 is 18.0 Å². The summed E-state index contributed by atoms with van der Waals surface area (Å²) in [5.41, 5.74) is 4.62. The van der Waals surface area contributed by atoms with Crippen LogP contribution < -0.4 is 10.6 Å². The van der Waals surface area contributed by atoms with Crippen molar-refractivity contribution in [1.29, 1.82) is 0 Å². The van der Waals surface area contributed by atoms with Crippen molar-refractivity contribution < 1.29 is 24.2 Å². The van der Waals surface area contributed by atoms with Crippen LogP contribution in [0.4, 0.5) is 4.79 Å². The number of carbonyl (C=O) groups excluding carboxylic acids is 2. The SMILES string of the molecule is CC(CCNC(=O)C(C(C)C)C(C)NC(=O)OCC1c2ccccc2-c2ccccc21)CC(=O)O. The third-order valence-electron chi connectivity index (χ3n) is 6.71. The molecule has 2 aromatic rings. The smallest absolute Gasteiger partial charge is 0.407 e. The summed E-state index contributed by atoms with van der Waals surface area (Å²) in [5.74, 6) is -1.50. The van der Waals surface area contributed by atoms with Crippen LogP contribution in [0.15, 0.2) is 48.5 Å². The Morgan fingerprint density at radius 2 is 1.51 bits per heavy atom. The summed E-state index contributed by atoms with van der Waals surface area (Å²) in [6, 6.07) is 15.9. The van der Waals surface area contributed by atoms with Crippen LogP contribution in [-0.2, 0) is 14.3 Å². The van der Waals surface area contributed by atoms with E-state index in [1.807, 2.05) is 45.0 Å². The average Bonchev–Trinajstić information content (AvgIpc) is 3.10. The Kier molecular flexibility index (Phi) is 8.90. The van der Waals surface area contributed by atoms with Crippen LogP contribution in [0.3, 0.4) is 0 Å². The first-order chi connectivity index (χ1) is 16.7. The van der Waals surface area contributed by atoms with Crippen LogP contribution in [0.25, 0.3) is 11.1 Å². The first-order valence-electron chi connectivity index (χ1n) is 12.3. The topological polar surface area (TPSA) is 105 Å². The second kappa shape index (κ2) is 11.9. The molecule has 0 saturated carbocycles. The summed E-state index contributed by atoms with van der Waals surface area (Å²) in [4.78, 5) is 36.3. The fourth-order valence-corrected chi connectivity index (χ4v) is 4.98. The Bertz CT molecular complexity index is 1010. The molecule has 3 atom stereocenters. The minimum atomic E-state index is -0.843. The molecule has 0 saturated heterocycles. The molecular weight excluding hydrogens is 444 g/mol. The van der Waals surface area contributed by atoms with E-state index in [1.165, 1.54) is 11.1 Å². The average molecular weight is 481 g/mol. The number of benzene rings is 2. The number of fused-ring (bicyclic) bond motifs is 3. The van der Waals surface area contributed by atoms with Gasteiger partial charge in [0.05, 0.1) is 5.92 Å². The molecule has 0 radical (unpaired) electrons. The van der Waals surface area contributed by atoms with Gasteiger partial charge >= 0.3 is 12.1 Å². The highest BCUT2D eigenvalue weighted by Gasteiger charge is 2.31. The summed E-state index contributed by atoms with van der Waals surface area (Å²) in [6.07, 6.45) is 0.105. The molecule has 35 heavy (non-hydrogen) atoms. The number of hydrogen-bond acceptors (Lipinski definition) is 4. The third-order valence-corrected chi connectivity index (χ3v) is 6.71. The van der Waals surface area contributed by atoms with Crippen LogP contribution in [0.5, 0.6) is 0 Å². The van der Waals surface area contributed by atoms with E-state index in [0.717, 1.165) is 11.1 Å². The molecule has 0 aliphatic heterocycles. The molecule has 3 N–H and O–H groups in total. The van der Waals surface area contributed by atoms with E-state index in [1.54, 1.807) is 6.92 Å². The number of rotatable bonds is 11. The van der Waals surface area contributed by atoms with Gasteiger partial charge in [-0.3, -0.25) is 9.59 Å². The second-order valence-corrected chi connectivity index (χ2v) is 9.81. The maximum Gasteiger partial charge on any atom is 0.407 e. The molecule has 2 aromatic carbocycles. The fourth-order valence-electron chi connectivity index (χ4n) is 4.98. The van der Waals surface area contributed by atoms with Gasteiger partial charge in [0.15, 0.2) is 0 Å². The van der Waals surface area contributed by atoms with Gasteiger partial charge in [-0.1, -0.05) is 69.3 Å². The molecule has 1 aliphatic carbocycles. The van der Waals surface area contributed by atoms with Crippen molar-refractivity contribution in [2.45, 2.75) is 52.5 Å². The van der Waals surface area contributed by atoms with E-state index in [-0.39, 0.29) is 36.7 Å². The predicted octanol–water partition coefficient (Wildman–Crippen LogP) is 4.80. The van der Waals surface area contributed by atoms with Gasteiger partial charge in [0, 0.05) is 24.9 Å². The zero-order chi connectivity index (χ0) is 25.5. The van der Waals surface area contributed by atoms with Crippen molar-refractivity contribution in [3.05, 3.63) is 59.7 Å². The van der Waals surface area contributed by atoms with E-state index in [2.05, 4.69) is 34.9 Å². The number of carboxylic acid groups (broad SMARTS) is 1. The van der Waals surface area contributed by atoms with Crippen LogP contribution >= 0.6 is 0 Å². The molecule has 0 heterocycles. The maximum atomic E-state index is 12.8. The van der Waals surface area contributed by atoms with Gasteiger partial charge < -0.3 is 20.5 Å². The molecule has 7 nitrogen and oxygen atoms in total. The van der Waals surface area contributed by atoms with Crippen molar-refractivity contribution in [3.8, 4) is 11.1 Å². The Labute approximate surface area is 207 Å². The minimum absolute atomic E-state index is 0.00432. The Balaban J connectivity index is 1.55. The molecule has 0 fully saturated rings. The molecule has 0 bridgehead atoms. The Morgan fingerprint density at radius 3 is 2.06 bits per heavy atom. The van der Waals surface area contributed by atoms with Crippen LogP contribution in [0.2, 0.25) is 0 Å². The number of ether oxygens (including phenoxy) is 1. The van der Waals surface area contributed by atoms with Gasteiger partial charge in [0.2, 0.25) is 5.91 Å². The number of alkyl carbamates (subject to hydrolysis) is 1. The fraction of sp³-hybridized carbons (Fsp3) is 0.464. The highest BCUT2D eigenvalue weighted by Crippen LogP contribution is 2.44. The van der Waals surface area contributed by atoms with Crippen molar-refractivity contribution in [1.82, 2.24) is 10.6 Å². The highest BCUT2D eigenvalue weighted by molar-refractivity contribution is 5.81. The number of hydrogen-bond donors (Lipinski definition) is 3. The molecule has 0 spiro atoms. The van der Waals surface area contributed by atoms with Gasteiger partial charge in [-0.05, 0) is 47.4 Å². The predicted molar refractivity (Wildman–Crippen MR) is 135 cm³/mol. The van der Waals surface area contributed by atoms with Crippen molar-refractivity contribution in [2.24, 2.45) is 17.8 Å². The summed E-state index contributed by atoms with van der Waals surface area (Å²) >= 11 is 0. The number of carboxylic acids is 1. The first kappa shape index (κ1) is 26.3. The van der Waals surface area contributed by atoms with E-state index in [9.17, 15) is 14.4 Å². The normalized spacial score (nSPS) is 15.0. The zero-order valence-corrected chi connectivity index (χ0v) is 20.9. The minimum Gasteiger partial charge on any atom is -0.481 e. The van der Waals surface area contributed by atoms with Crippen molar-refractivity contribution in [2.75, 3.05) is 13.2 Å². The first-order valence-corrected chi connectivity index (χ1v) is 12.3. The molecule has 188 valence electrons. The van der Waals surface area contributed by atoms with E-state index < -0.39 is 24.0 Å². The lowest BCUT2D eigenvalue weighted by Crippen LogP contribution is -2.48. The summed E-state index contributed by atoms with van der Waals surface area (Å²) in [5, 5.41) is 14.6. The van der Waals surface area contributed by atoms with Crippen LogP contribution in [0, 0.1) is 17.8 Å². The van der Waals surface area contributed by atoms with Crippen LogP contribution in [0.1, 0.15) is 57.6 Å². The van der Waals surface area contributed by atoms with E-state index in [4.69, 9.17) is 9.84 Å². The van der Waals surface area contributed by atoms with Gasteiger partial charge in [-0.2, -0.15) is 0 Å². The molecule has 0 aromatic heterocycles. The lowest BCUT2D eigenvalue weighted by Gasteiger charge is -2.27. The molecular formula is C28H36N2O5. The lowest BCUT2D eigenvalue weighted by atomic mass is 9.88. The molecule has 3 unspecified atom stereocenters. The largest absolute Gasteiger partial charge is 0.481 e. The quantitative estimate of drug-likeness (QED) is 0.428. The number of aliphatic carboxylic acids is 1. The molecule has 2 amide bonds. The van der Waals surface area contributed by atoms with Gasteiger partial charge in [-0.15, -0.1) is 0 Å². The summed E-state index contributed by atoms with van der Waals surface area (Å²) < 4.78 is 5.63. The Hall–Kier alpha value is -3.35. The standard InChI is InChI=1S/C28H36N2O5/c1-17(2)26(27(33)29-14-13-18(3)15-25(31)32)19(4)30-28(34)35-16-24-22-11-7-5-9-20(22)21-10-6-8-12-23(21)24/h5-12,17-19,24,26H,13-16H2,1-4H3,(H,29,33)(H,30,34)(H,31,32). The van der Waals surface area contributed by atoms with Gasteiger partial charge in [-0.25, -0.2) is 4.79 Å². The molecule has 1 aliphatic rings. The highest BCUT2D eigenvalue weighted by atomic mass is 16.5. The Morgan fingerprint density at radius 1 is 0.943 bits per heavy atom. The van der Waals surface area contributed by atoms with Crippen molar-refractivity contribution in [3.63, 3.8) is 0 Å². The number of carbonyl (C=O) groups is 3. The second-order valence-electron chi connectivity index (χ2n) is 9.81. The van der Waals surface area contributed by atoms with Gasteiger partial charge in [0.1, 0.15) is 6.61 Å². The third kappa shape index (κ3) is 6.62. The number of amides is 2. The molecule has 7 heteroatoms. The monoisotopic (exact) mass is 480 g/mol. The van der Waals surface area contributed by atoms with E-state index in [0.29, 0.717) is 13.0 Å². The van der Waals surface area contributed by atoms with E-state index >= 15 is 0 Å². The number of nitrogens with one attached hydrogen (secondary N) is 2. The van der Waals surface area contributed by atoms with Gasteiger partial charge in [0.25, 0.3) is 0 Å².